The van der Waals surface area contributed by atoms with Gasteiger partial charge in [0.25, 0.3) is 0 Å². The van der Waals surface area contributed by atoms with E-state index in [4.69, 9.17) is 4.74 Å². The van der Waals surface area contributed by atoms with Gasteiger partial charge in [0.1, 0.15) is 0 Å². The van der Waals surface area contributed by atoms with Crippen molar-refractivity contribution in [2.45, 2.75) is 39.2 Å². The second-order valence-electron chi connectivity index (χ2n) is 4.95. The third kappa shape index (κ3) is 5.99. The van der Waals surface area contributed by atoms with Crippen LogP contribution in [0.25, 0.3) is 0 Å². The largest absolute Gasteiger partial charge is 0.391 e. The molecule has 0 saturated heterocycles. The fraction of sp³-hybridized carbons (Fsp3) is 0.562. The quantitative estimate of drug-likeness (QED) is 0.551. The summed E-state index contributed by atoms with van der Waals surface area (Å²) in [7, 11) is 0. The van der Waals surface area contributed by atoms with E-state index in [0.717, 1.165) is 12.8 Å². The van der Waals surface area contributed by atoms with E-state index in [1.807, 2.05) is 37.3 Å². The van der Waals surface area contributed by atoms with Crippen LogP contribution in [0.2, 0.25) is 0 Å². The molecule has 0 aliphatic rings. The van der Waals surface area contributed by atoms with Crippen molar-refractivity contribution in [3.8, 4) is 0 Å². The van der Waals surface area contributed by atoms with E-state index in [1.165, 1.54) is 0 Å². The topological polar surface area (TPSA) is 46.5 Å². The van der Waals surface area contributed by atoms with E-state index in [1.54, 1.807) is 0 Å². The highest BCUT2D eigenvalue weighted by Crippen LogP contribution is 2.14. The number of unbranched alkanes of at least 4 members (excludes halogenated alkanes) is 1. The van der Waals surface area contributed by atoms with Crippen LogP contribution in [0.15, 0.2) is 30.3 Å². The Kier molecular flexibility index (Phi) is 7.38. The number of benzene rings is 1. The van der Waals surface area contributed by atoms with Crippen molar-refractivity contribution in [3.05, 3.63) is 35.9 Å². The predicted molar refractivity (Wildman–Crippen MR) is 76.3 cm³/mol. The molecule has 0 aliphatic heterocycles. The van der Waals surface area contributed by atoms with Crippen LogP contribution in [0.5, 0.6) is 0 Å². The Bertz CT molecular complexity index is 362. The van der Waals surface area contributed by atoms with Crippen LogP contribution in [0.1, 0.15) is 43.5 Å². The van der Waals surface area contributed by atoms with Crippen LogP contribution < -0.4 is 0 Å². The lowest BCUT2D eigenvalue weighted by molar-refractivity contribution is 0.0242. The summed E-state index contributed by atoms with van der Waals surface area (Å²) in [6.45, 7) is 4.94. The highest BCUT2D eigenvalue weighted by atomic mass is 16.5. The number of carbonyl (C=O) groups is 1. The van der Waals surface area contributed by atoms with Gasteiger partial charge in [-0.25, -0.2) is 0 Å². The molecule has 0 spiro atoms. The van der Waals surface area contributed by atoms with E-state index >= 15 is 0 Å². The van der Waals surface area contributed by atoms with Gasteiger partial charge in [-0.2, -0.15) is 0 Å². The molecule has 0 aliphatic carbocycles. The molecule has 0 bridgehead atoms. The maximum absolute atomic E-state index is 12.1. The number of hydrogen-bond acceptors (Lipinski definition) is 3. The van der Waals surface area contributed by atoms with Gasteiger partial charge < -0.3 is 9.84 Å². The van der Waals surface area contributed by atoms with Crippen molar-refractivity contribution in [2.24, 2.45) is 5.92 Å². The average molecular weight is 264 g/mol. The van der Waals surface area contributed by atoms with Crippen molar-refractivity contribution in [2.75, 3.05) is 13.2 Å². The third-order valence-electron chi connectivity index (χ3n) is 3.08. The first-order valence-corrected chi connectivity index (χ1v) is 7.00. The molecule has 0 aromatic heterocycles. The van der Waals surface area contributed by atoms with Gasteiger partial charge >= 0.3 is 0 Å². The van der Waals surface area contributed by atoms with Crippen molar-refractivity contribution in [3.63, 3.8) is 0 Å². The lowest BCUT2D eigenvalue weighted by Crippen LogP contribution is -2.23. The zero-order chi connectivity index (χ0) is 14.1. The van der Waals surface area contributed by atoms with Crippen LogP contribution >= 0.6 is 0 Å². The van der Waals surface area contributed by atoms with Crippen molar-refractivity contribution in [1.29, 1.82) is 0 Å². The predicted octanol–water partition coefficient (Wildman–Crippen LogP) is 3.07. The monoisotopic (exact) mass is 264 g/mol. The maximum atomic E-state index is 12.1. The van der Waals surface area contributed by atoms with E-state index in [9.17, 15) is 9.90 Å². The first-order chi connectivity index (χ1) is 9.15. The molecule has 1 aromatic rings. The second-order valence-corrected chi connectivity index (χ2v) is 4.95. The normalized spacial score (nSPS) is 14.1. The Morgan fingerprint density at radius 1 is 1.32 bits per heavy atom. The van der Waals surface area contributed by atoms with Crippen LogP contribution in [-0.4, -0.2) is 30.2 Å². The lowest BCUT2D eigenvalue weighted by atomic mass is 9.94. The second kappa shape index (κ2) is 8.83. The van der Waals surface area contributed by atoms with E-state index in [-0.39, 0.29) is 11.7 Å². The summed E-state index contributed by atoms with van der Waals surface area (Å²) in [6, 6.07) is 9.21. The molecule has 2 atom stereocenters. The minimum absolute atomic E-state index is 0.0770. The molecule has 0 fully saturated rings. The van der Waals surface area contributed by atoms with Crippen LogP contribution in [0, 0.1) is 5.92 Å². The molecule has 19 heavy (non-hydrogen) atoms. The van der Waals surface area contributed by atoms with E-state index in [2.05, 4.69) is 6.92 Å². The molecule has 1 rings (SSSR count). The number of aliphatic hydroxyl groups is 1. The van der Waals surface area contributed by atoms with Gasteiger partial charge in [0.2, 0.25) is 0 Å². The molecule has 2 unspecified atom stereocenters. The number of aliphatic hydroxyl groups excluding tert-OH is 1. The Hall–Kier alpha value is -1.19. The van der Waals surface area contributed by atoms with E-state index in [0.29, 0.717) is 25.2 Å². The molecule has 0 amide bonds. The molecule has 3 heteroatoms. The summed E-state index contributed by atoms with van der Waals surface area (Å²) in [6.07, 6.45) is 1.96. The molecule has 1 aromatic carbocycles. The zero-order valence-electron chi connectivity index (χ0n) is 11.8. The van der Waals surface area contributed by atoms with Crippen LogP contribution in [-0.2, 0) is 4.74 Å². The van der Waals surface area contributed by atoms with Gasteiger partial charge in [-0.1, -0.05) is 50.6 Å². The van der Waals surface area contributed by atoms with Crippen LogP contribution in [0.3, 0.4) is 0 Å². The summed E-state index contributed by atoms with van der Waals surface area (Å²) < 4.78 is 5.36. The van der Waals surface area contributed by atoms with Gasteiger partial charge in [-0.05, 0) is 12.8 Å². The van der Waals surface area contributed by atoms with Crippen molar-refractivity contribution >= 4 is 5.78 Å². The minimum Gasteiger partial charge on any atom is -0.391 e. The third-order valence-corrected chi connectivity index (χ3v) is 3.08. The van der Waals surface area contributed by atoms with Crippen LogP contribution in [0.4, 0.5) is 0 Å². The standard InChI is InChI=1S/C16H24O3/c1-3-4-10-19-12-15(17)11-13(2)16(18)14-8-6-5-7-9-14/h5-9,13,15,17H,3-4,10-12H2,1-2H3. The molecule has 106 valence electrons. The molecule has 0 radical (unpaired) electrons. The number of ketones is 1. The van der Waals surface area contributed by atoms with Gasteiger partial charge in [-0.15, -0.1) is 0 Å². The molecule has 3 nitrogen and oxygen atoms in total. The van der Waals surface area contributed by atoms with Gasteiger partial charge in [0.15, 0.2) is 5.78 Å². The maximum Gasteiger partial charge on any atom is 0.165 e. The summed E-state index contributed by atoms with van der Waals surface area (Å²) in [5, 5.41) is 9.84. The lowest BCUT2D eigenvalue weighted by Gasteiger charge is -2.16. The number of Topliss-reactive ketones (excluding diaryl/α,β-unsaturated/α-hetero) is 1. The van der Waals surface area contributed by atoms with Gasteiger partial charge in [-0.3, -0.25) is 4.79 Å². The number of hydrogen-bond donors (Lipinski definition) is 1. The molecule has 0 heterocycles. The van der Waals surface area contributed by atoms with Gasteiger partial charge in [0, 0.05) is 18.1 Å². The summed E-state index contributed by atoms with van der Waals surface area (Å²) in [5.74, 6) is -0.111. The molecule has 1 N–H and O–H groups in total. The Labute approximate surface area is 115 Å². The number of carbonyl (C=O) groups excluding carboxylic acids is 1. The first kappa shape index (κ1) is 15.9. The minimum atomic E-state index is -0.570. The summed E-state index contributed by atoms with van der Waals surface area (Å²) in [4.78, 5) is 12.1. The highest BCUT2D eigenvalue weighted by Gasteiger charge is 2.18. The number of ether oxygens (including phenoxy) is 1. The Morgan fingerprint density at radius 3 is 2.63 bits per heavy atom. The fourth-order valence-electron chi connectivity index (χ4n) is 1.94. The summed E-state index contributed by atoms with van der Waals surface area (Å²) in [5.41, 5.74) is 0.703. The van der Waals surface area contributed by atoms with Gasteiger partial charge in [0.05, 0.1) is 12.7 Å². The zero-order valence-corrected chi connectivity index (χ0v) is 11.8. The smallest absolute Gasteiger partial charge is 0.165 e. The first-order valence-electron chi connectivity index (χ1n) is 7.00. The fourth-order valence-corrected chi connectivity index (χ4v) is 1.94. The molecular formula is C16H24O3. The molecule has 0 saturated carbocycles. The number of rotatable bonds is 9. The Balaban J connectivity index is 2.33. The highest BCUT2D eigenvalue weighted by molar-refractivity contribution is 5.97. The molecular weight excluding hydrogens is 240 g/mol. The van der Waals surface area contributed by atoms with Crippen molar-refractivity contribution < 1.29 is 14.6 Å². The Morgan fingerprint density at radius 2 is 2.00 bits per heavy atom. The average Bonchev–Trinajstić information content (AvgIpc) is 2.43. The SMILES string of the molecule is CCCCOCC(O)CC(C)C(=O)c1ccccc1. The van der Waals surface area contributed by atoms with Crippen molar-refractivity contribution in [1.82, 2.24) is 0 Å². The summed E-state index contributed by atoms with van der Waals surface area (Å²) >= 11 is 0. The van der Waals surface area contributed by atoms with E-state index < -0.39 is 6.10 Å².